The summed E-state index contributed by atoms with van der Waals surface area (Å²) < 4.78 is 0. The monoisotopic (exact) mass is 239 g/mol. The molecule has 3 rings (SSSR count). The van der Waals surface area contributed by atoms with Gasteiger partial charge in [-0.3, -0.25) is 5.10 Å². The summed E-state index contributed by atoms with van der Waals surface area (Å²) in [4.78, 5) is 8.58. The fourth-order valence-corrected chi connectivity index (χ4v) is 1.81. The number of anilines is 2. The standard InChI is InChI=1S/C13H13N5/c1-2-12-14-6-5-13(17-12)16-10-3-4-11-9(7-10)8-15-18-11/h3-8H,2H2,1H3,(H,15,18)(H,14,16,17). The number of fused-ring (bicyclic) bond motifs is 1. The lowest BCUT2D eigenvalue weighted by Crippen LogP contribution is -1.98. The number of aryl methyl sites for hydroxylation is 1. The summed E-state index contributed by atoms with van der Waals surface area (Å²) in [6, 6.07) is 7.88. The molecule has 0 radical (unpaired) electrons. The van der Waals surface area contributed by atoms with Crippen LogP contribution < -0.4 is 5.32 Å². The van der Waals surface area contributed by atoms with Crippen molar-refractivity contribution in [2.24, 2.45) is 0 Å². The van der Waals surface area contributed by atoms with Crippen LogP contribution in [0.1, 0.15) is 12.7 Å². The van der Waals surface area contributed by atoms with Crippen molar-refractivity contribution in [2.75, 3.05) is 5.32 Å². The number of rotatable bonds is 3. The van der Waals surface area contributed by atoms with Gasteiger partial charge in [-0.1, -0.05) is 6.92 Å². The normalized spacial score (nSPS) is 10.7. The second kappa shape index (κ2) is 4.44. The zero-order chi connectivity index (χ0) is 12.4. The van der Waals surface area contributed by atoms with Gasteiger partial charge in [0.1, 0.15) is 11.6 Å². The molecular formula is C13H13N5. The van der Waals surface area contributed by atoms with Crippen molar-refractivity contribution in [3.8, 4) is 0 Å². The van der Waals surface area contributed by atoms with Gasteiger partial charge in [0.05, 0.1) is 11.7 Å². The Hall–Kier alpha value is -2.43. The first-order chi connectivity index (χ1) is 8.85. The van der Waals surface area contributed by atoms with Crippen LogP contribution in [0.15, 0.2) is 36.7 Å². The molecule has 2 heterocycles. The number of nitrogens with zero attached hydrogens (tertiary/aromatic N) is 3. The van der Waals surface area contributed by atoms with Crippen LogP contribution in [-0.4, -0.2) is 20.2 Å². The lowest BCUT2D eigenvalue weighted by Gasteiger charge is -2.06. The molecule has 0 aliphatic heterocycles. The van der Waals surface area contributed by atoms with Gasteiger partial charge in [-0.25, -0.2) is 9.97 Å². The Morgan fingerprint density at radius 1 is 1.28 bits per heavy atom. The van der Waals surface area contributed by atoms with Gasteiger partial charge in [0, 0.05) is 23.7 Å². The molecule has 0 bridgehead atoms. The predicted octanol–water partition coefficient (Wildman–Crippen LogP) is 2.66. The largest absolute Gasteiger partial charge is 0.340 e. The van der Waals surface area contributed by atoms with Crippen LogP contribution in [0.3, 0.4) is 0 Å². The van der Waals surface area contributed by atoms with Crippen LogP contribution in [0.4, 0.5) is 11.5 Å². The lowest BCUT2D eigenvalue weighted by molar-refractivity contribution is 0.943. The van der Waals surface area contributed by atoms with Crippen LogP contribution >= 0.6 is 0 Å². The maximum atomic E-state index is 4.41. The lowest BCUT2D eigenvalue weighted by atomic mass is 10.2. The summed E-state index contributed by atoms with van der Waals surface area (Å²) >= 11 is 0. The molecule has 0 atom stereocenters. The quantitative estimate of drug-likeness (QED) is 0.737. The molecule has 18 heavy (non-hydrogen) atoms. The SMILES string of the molecule is CCc1nccc(Nc2ccc3[nH]ncc3c2)n1. The Morgan fingerprint density at radius 3 is 3.11 bits per heavy atom. The van der Waals surface area contributed by atoms with Gasteiger partial charge < -0.3 is 5.32 Å². The van der Waals surface area contributed by atoms with Crippen molar-refractivity contribution >= 4 is 22.4 Å². The second-order valence-electron chi connectivity index (χ2n) is 4.01. The van der Waals surface area contributed by atoms with Crippen LogP contribution in [0.25, 0.3) is 10.9 Å². The summed E-state index contributed by atoms with van der Waals surface area (Å²) in [5, 5.41) is 11.3. The molecule has 0 fully saturated rings. The van der Waals surface area contributed by atoms with Crippen molar-refractivity contribution < 1.29 is 0 Å². The first kappa shape index (κ1) is 10.7. The summed E-state index contributed by atoms with van der Waals surface area (Å²) in [5.41, 5.74) is 2.02. The van der Waals surface area contributed by atoms with E-state index < -0.39 is 0 Å². The third kappa shape index (κ3) is 2.02. The smallest absolute Gasteiger partial charge is 0.134 e. The van der Waals surface area contributed by atoms with Crippen molar-refractivity contribution in [1.29, 1.82) is 0 Å². The highest BCUT2D eigenvalue weighted by Gasteiger charge is 2.00. The van der Waals surface area contributed by atoms with E-state index in [1.807, 2.05) is 31.2 Å². The Balaban J connectivity index is 1.90. The van der Waals surface area contributed by atoms with E-state index in [-0.39, 0.29) is 0 Å². The van der Waals surface area contributed by atoms with Gasteiger partial charge in [-0.05, 0) is 24.3 Å². The van der Waals surface area contributed by atoms with Gasteiger partial charge >= 0.3 is 0 Å². The topological polar surface area (TPSA) is 66.5 Å². The Morgan fingerprint density at radius 2 is 2.22 bits per heavy atom. The second-order valence-corrected chi connectivity index (χ2v) is 4.01. The van der Waals surface area contributed by atoms with Crippen LogP contribution in [0.5, 0.6) is 0 Å². The van der Waals surface area contributed by atoms with Gasteiger partial charge in [0.2, 0.25) is 0 Å². The van der Waals surface area contributed by atoms with Gasteiger partial charge in [0.25, 0.3) is 0 Å². The van der Waals surface area contributed by atoms with E-state index in [0.29, 0.717) is 0 Å². The number of hydrogen-bond acceptors (Lipinski definition) is 4. The number of aromatic amines is 1. The van der Waals surface area contributed by atoms with E-state index in [1.165, 1.54) is 0 Å². The minimum absolute atomic E-state index is 0.810. The average molecular weight is 239 g/mol. The van der Waals surface area contributed by atoms with Crippen molar-refractivity contribution in [3.05, 3.63) is 42.5 Å². The molecule has 0 amide bonds. The molecule has 0 saturated heterocycles. The van der Waals surface area contributed by atoms with Gasteiger partial charge in [-0.2, -0.15) is 5.10 Å². The fourth-order valence-electron chi connectivity index (χ4n) is 1.81. The fraction of sp³-hybridized carbons (Fsp3) is 0.154. The molecule has 0 aliphatic carbocycles. The van der Waals surface area contributed by atoms with Crippen LogP contribution in [0, 0.1) is 0 Å². The third-order valence-corrected chi connectivity index (χ3v) is 2.73. The molecule has 3 aromatic rings. The van der Waals surface area contributed by atoms with E-state index >= 15 is 0 Å². The molecule has 0 spiro atoms. The maximum Gasteiger partial charge on any atom is 0.134 e. The van der Waals surface area contributed by atoms with Crippen LogP contribution in [-0.2, 0) is 6.42 Å². The first-order valence-electron chi connectivity index (χ1n) is 5.87. The Kier molecular flexibility index (Phi) is 2.64. The molecule has 0 unspecified atom stereocenters. The highest BCUT2D eigenvalue weighted by Crippen LogP contribution is 2.19. The van der Waals surface area contributed by atoms with Crippen molar-refractivity contribution in [3.63, 3.8) is 0 Å². The van der Waals surface area contributed by atoms with E-state index in [9.17, 15) is 0 Å². The van der Waals surface area contributed by atoms with E-state index in [1.54, 1.807) is 12.4 Å². The van der Waals surface area contributed by atoms with E-state index in [0.717, 1.165) is 34.7 Å². The zero-order valence-corrected chi connectivity index (χ0v) is 10.0. The third-order valence-electron chi connectivity index (χ3n) is 2.73. The number of benzene rings is 1. The summed E-state index contributed by atoms with van der Waals surface area (Å²) in [6.07, 6.45) is 4.40. The summed E-state index contributed by atoms with van der Waals surface area (Å²) in [6.45, 7) is 2.04. The molecule has 2 aromatic heterocycles. The van der Waals surface area contributed by atoms with E-state index in [4.69, 9.17) is 0 Å². The molecule has 0 aliphatic rings. The minimum atomic E-state index is 0.810. The van der Waals surface area contributed by atoms with Gasteiger partial charge in [-0.15, -0.1) is 0 Å². The van der Waals surface area contributed by atoms with E-state index in [2.05, 4.69) is 25.5 Å². The number of nitrogens with one attached hydrogen (secondary N) is 2. The maximum absolute atomic E-state index is 4.41. The number of aromatic nitrogens is 4. The van der Waals surface area contributed by atoms with Gasteiger partial charge in [0.15, 0.2) is 0 Å². The minimum Gasteiger partial charge on any atom is -0.340 e. The Bertz CT molecular complexity index is 674. The summed E-state index contributed by atoms with van der Waals surface area (Å²) in [5.74, 6) is 1.65. The molecule has 0 saturated carbocycles. The van der Waals surface area contributed by atoms with Crippen LogP contribution in [0.2, 0.25) is 0 Å². The molecular weight excluding hydrogens is 226 g/mol. The molecule has 5 heteroatoms. The van der Waals surface area contributed by atoms with Crippen molar-refractivity contribution in [1.82, 2.24) is 20.2 Å². The average Bonchev–Trinajstić information content (AvgIpc) is 2.86. The Labute approximate surface area is 104 Å². The molecule has 1 aromatic carbocycles. The number of H-pyrrole nitrogens is 1. The molecule has 90 valence electrons. The summed E-state index contributed by atoms with van der Waals surface area (Å²) in [7, 11) is 0. The zero-order valence-electron chi connectivity index (χ0n) is 10.0. The molecule has 5 nitrogen and oxygen atoms in total. The highest BCUT2D eigenvalue weighted by molar-refractivity contribution is 5.82. The molecule has 2 N–H and O–H groups in total. The highest BCUT2D eigenvalue weighted by atomic mass is 15.1. The number of hydrogen-bond donors (Lipinski definition) is 2. The van der Waals surface area contributed by atoms with Crippen molar-refractivity contribution in [2.45, 2.75) is 13.3 Å². The first-order valence-corrected chi connectivity index (χ1v) is 5.87. The predicted molar refractivity (Wildman–Crippen MR) is 70.8 cm³/mol.